The van der Waals surface area contributed by atoms with Gasteiger partial charge in [-0.2, -0.15) is 21.6 Å². The first-order chi connectivity index (χ1) is 7.05. The predicted molar refractivity (Wildman–Crippen MR) is 41.7 cm³/mol. The van der Waals surface area contributed by atoms with Crippen LogP contribution in [-0.2, 0) is 19.6 Å². The van der Waals surface area contributed by atoms with Crippen LogP contribution in [0.25, 0.3) is 0 Å². The smallest absolute Gasteiger partial charge is 0.350 e. The van der Waals surface area contributed by atoms with Gasteiger partial charge in [0.15, 0.2) is 12.4 Å². The first-order valence-corrected chi connectivity index (χ1v) is 5.49. The Hall–Kier alpha value is -0.450. The standard InChI is InChI=1S/C6H8F4O5S/c1-2-14-4-3(15-4)5(7,6(8,9)10)16(11,12)13/h3-4H,2H2,1H3,(H,11,12,13)/t3-,4?,5?/m1/s1. The SMILES string of the molecule is CCOC1O[C@H]1C(F)(C(F)(F)F)S(=O)(=O)O. The van der Waals surface area contributed by atoms with Crippen molar-refractivity contribution >= 4 is 10.1 Å². The Labute approximate surface area is 88.1 Å². The summed E-state index contributed by atoms with van der Waals surface area (Å²) in [5.41, 5.74) is 0. The molecule has 1 heterocycles. The van der Waals surface area contributed by atoms with Crippen molar-refractivity contribution in [1.29, 1.82) is 0 Å². The lowest BCUT2D eigenvalue weighted by Crippen LogP contribution is -2.53. The van der Waals surface area contributed by atoms with Gasteiger partial charge in [-0.1, -0.05) is 0 Å². The molecule has 1 saturated heterocycles. The largest absolute Gasteiger partial charge is 0.442 e. The van der Waals surface area contributed by atoms with E-state index in [1.165, 1.54) is 6.92 Å². The maximum absolute atomic E-state index is 13.4. The topological polar surface area (TPSA) is 76.1 Å². The fraction of sp³-hybridized carbons (Fsp3) is 1.00. The van der Waals surface area contributed by atoms with E-state index in [4.69, 9.17) is 4.55 Å². The molecule has 5 nitrogen and oxygen atoms in total. The lowest BCUT2D eigenvalue weighted by Gasteiger charge is -2.22. The average Bonchev–Trinajstić information content (AvgIpc) is 2.79. The van der Waals surface area contributed by atoms with Crippen molar-refractivity contribution in [3.63, 3.8) is 0 Å². The van der Waals surface area contributed by atoms with Crippen molar-refractivity contribution < 1.29 is 40.0 Å². The lowest BCUT2D eigenvalue weighted by molar-refractivity contribution is -0.205. The molecular weight excluding hydrogens is 260 g/mol. The van der Waals surface area contributed by atoms with E-state index in [-0.39, 0.29) is 6.61 Å². The molecule has 0 radical (unpaired) electrons. The summed E-state index contributed by atoms with van der Waals surface area (Å²) in [6.45, 7) is 1.32. The predicted octanol–water partition coefficient (Wildman–Crippen LogP) is 0.864. The fourth-order valence-electron chi connectivity index (χ4n) is 1.11. The molecule has 0 aromatic rings. The number of alkyl halides is 4. The van der Waals surface area contributed by atoms with Gasteiger partial charge < -0.3 is 9.47 Å². The van der Waals surface area contributed by atoms with Gasteiger partial charge in [0.1, 0.15) is 0 Å². The molecule has 0 aromatic heterocycles. The molecular formula is C6H8F4O5S. The molecule has 10 heteroatoms. The highest BCUT2D eigenvalue weighted by molar-refractivity contribution is 7.87. The summed E-state index contributed by atoms with van der Waals surface area (Å²) in [6.07, 6.45) is -9.84. The molecule has 0 saturated carbocycles. The molecule has 1 aliphatic rings. The molecule has 0 bridgehead atoms. The molecule has 3 atom stereocenters. The second-order valence-corrected chi connectivity index (χ2v) is 4.54. The Morgan fingerprint density at radius 3 is 2.19 bits per heavy atom. The molecule has 0 spiro atoms. The van der Waals surface area contributed by atoms with E-state index in [0.29, 0.717) is 0 Å². The van der Waals surface area contributed by atoms with Crippen molar-refractivity contribution in [2.45, 2.75) is 30.5 Å². The van der Waals surface area contributed by atoms with Crippen LogP contribution in [0.5, 0.6) is 0 Å². The third-order valence-electron chi connectivity index (χ3n) is 1.91. The first kappa shape index (κ1) is 13.6. The average molecular weight is 268 g/mol. The van der Waals surface area contributed by atoms with Crippen molar-refractivity contribution in [1.82, 2.24) is 0 Å². The van der Waals surface area contributed by atoms with Crippen molar-refractivity contribution in [3.8, 4) is 0 Å². The fourth-order valence-corrected chi connectivity index (χ4v) is 1.86. The van der Waals surface area contributed by atoms with Gasteiger partial charge in [0.05, 0.1) is 0 Å². The van der Waals surface area contributed by atoms with Crippen LogP contribution < -0.4 is 0 Å². The minimum atomic E-state index is -6.01. The molecule has 1 aliphatic heterocycles. The summed E-state index contributed by atoms with van der Waals surface area (Å²) in [5, 5.41) is -4.86. The van der Waals surface area contributed by atoms with Gasteiger partial charge in [0.2, 0.25) is 0 Å². The van der Waals surface area contributed by atoms with Crippen LogP contribution in [0, 0.1) is 0 Å². The normalized spacial score (nSPS) is 29.9. The Bertz CT molecular complexity index is 366. The molecule has 1 N–H and O–H groups in total. The summed E-state index contributed by atoms with van der Waals surface area (Å²) in [5.74, 6) is 0. The highest BCUT2D eigenvalue weighted by atomic mass is 32.2. The van der Waals surface area contributed by atoms with E-state index in [1.54, 1.807) is 0 Å². The monoisotopic (exact) mass is 268 g/mol. The van der Waals surface area contributed by atoms with Gasteiger partial charge in [-0.15, -0.1) is 0 Å². The maximum atomic E-state index is 13.4. The zero-order valence-electron chi connectivity index (χ0n) is 7.86. The number of rotatable bonds is 4. The van der Waals surface area contributed by atoms with Crippen LogP contribution in [-0.4, -0.2) is 43.1 Å². The van der Waals surface area contributed by atoms with E-state index in [9.17, 15) is 26.0 Å². The van der Waals surface area contributed by atoms with E-state index in [2.05, 4.69) is 9.47 Å². The summed E-state index contributed by atoms with van der Waals surface area (Å²) in [6, 6.07) is 0. The van der Waals surface area contributed by atoms with Crippen LogP contribution in [0.15, 0.2) is 0 Å². The van der Waals surface area contributed by atoms with Crippen molar-refractivity contribution in [2.24, 2.45) is 0 Å². The molecule has 0 amide bonds. The zero-order valence-corrected chi connectivity index (χ0v) is 8.68. The second kappa shape index (κ2) is 3.79. The summed E-state index contributed by atoms with van der Waals surface area (Å²) in [7, 11) is -6.01. The van der Waals surface area contributed by atoms with Crippen LogP contribution in [0.4, 0.5) is 17.6 Å². The molecule has 96 valence electrons. The molecule has 1 rings (SSSR count). The van der Waals surface area contributed by atoms with E-state index < -0.39 is 33.7 Å². The van der Waals surface area contributed by atoms with E-state index >= 15 is 0 Å². The van der Waals surface area contributed by atoms with E-state index in [1.807, 2.05) is 0 Å². The molecule has 2 unspecified atom stereocenters. The molecule has 16 heavy (non-hydrogen) atoms. The van der Waals surface area contributed by atoms with Gasteiger partial charge in [-0.3, -0.25) is 4.55 Å². The van der Waals surface area contributed by atoms with Crippen LogP contribution in [0.2, 0.25) is 0 Å². The summed E-state index contributed by atoms with van der Waals surface area (Å²) < 4.78 is 88.0. The molecule has 0 aliphatic carbocycles. The summed E-state index contributed by atoms with van der Waals surface area (Å²) >= 11 is 0. The minimum absolute atomic E-state index is 0.0828. The first-order valence-electron chi connectivity index (χ1n) is 4.05. The minimum Gasteiger partial charge on any atom is -0.350 e. The lowest BCUT2D eigenvalue weighted by atomic mass is 10.2. The van der Waals surface area contributed by atoms with Crippen molar-refractivity contribution in [2.75, 3.05) is 6.61 Å². The second-order valence-electron chi connectivity index (χ2n) is 3.00. The number of epoxide rings is 1. The molecule has 1 fully saturated rings. The van der Waals surface area contributed by atoms with Gasteiger partial charge in [-0.25, -0.2) is 4.39 Å². The Balaban J connectivity index is 3.02. The van der Waals surface area contributed by atoms with Gasteiger partial charge in [0.25, 0.3) is 0 Å². The van der Waals surface area contributed by atoms with Crippen molar-refractivity contribution in [3.05, 3.63) is 0 Å². The third-order valence-corrected chi connectivity index (χ3v) is 3.12. The number of hydrogen-bond donors (Lipinski definition) is 1. The van der Waals surface area contributed by atoms with E-state index in [0.717, 1.165) is 0 Å². The maximum Gasteiger partial charge on any atom is 0.442 e. The number of hydrogen-bond acceptors (Lipinski definition) is 4. The van der Waals surface area contributed by atoms with Crippen LogP contribution in [0.3, 0.4) is 0 Å². The third kappa shape index (κ3) is 2.01. The Morgan fingerprint density at radius 2 is 1.88 bits per heavy atom. The number of ether oxygens (including phenoxy) is 2. The quantitative estimate of drug-likeness (QED) is 0.465. The zero-order chi connectivity index (χ0) is 12.8. The van der Waals surface area contributed by atoms with Gasteiger partial charge in [-0.05, 0) is 6.92 Å². The summed E-state index contributed by atoms with van der Waals surface area (Å²) in [4.78, 5) is 0. The molecule has 0 aromatic carbocycles. The Kier molecular flexibility index (Phi) is 3.22. The highest BCUT2D eigenvalue weighted by Crippen LogP contribution is 2.49. The van der Waals surface area contributed by atoms with Gasteiger partial charge in [0, 0.05) is 6.61 Å². The highest BCUT2D eigenvalue weighted by Gasteiger charge is 2.77. The Morgan fingerprint density at radius 1 is 1.38 bits per heavy atom. The van der Waals surface area contributed by atoms with Crippen LogP contribution in [0.1, 0.15) is 6.92 Å². The van der Waals surface area contributed by atoms with Crippen LogP contribution >= 0.6 is 0 Å². The number of halogens is 4. The van der Waals surface area contributed by atoms with Gasteiger partial charge >= 0.3 is 21.3 Å².